The van der Waals surface area contributed by atoms with Crippen molar-refractivity contribution in [3.63, 3.8) is 0 Å². The highest BCUT2D eigenvalue weighted by Gasteiger charge is 2.04. The molecular formula is C21H34IN5O. The Kier molecular flexibility index (Phi) is 12.6. The molecule has 1 aromatic carbocycles. The lowest BCUT2D eigenvalue weighted by Crippen LogP contribution is -2.38. The SMILES string of the molecule is CCNC(=NCC(C)COCc1ccccc1)NCCCc1cn[nH]c1C.I. The van der Waals surface area contributed by atoms with Crippen molar-refractivity contribution in [2.45, 2.75) is 40.2 Å². The summed E-state index contributed by atoms with van der Waals surface area (Å²) >= 11 is 0. The summed E-state index contributed by atoms with van der Waals surface area (Å²) in [6.07, 6.45) is 3.96. The Bertz CT molecular complexity index is 674. The van der Waals surface area contributed by atoms with Gasteiger partial charge < -0.3 is 15.4 Å². The van der Waals surface area contributed by atoms with Crippen LogP contribution in [0.5, 0.6) is 0 Å². The Morgan fingerprint density at radius 3 is 2.71 bits per heavy atom. The van der Waals surface area contributed by atoms with Gasteiger partial charge in [-0.2, -0.15) is 5.10 Å². The molecule has 1 heterocycles. The summed E-state index contributed by atoms with van der Waals surface area (Å²) in [4.78, 5) is 4.69. The first-order valence-electron chi connectivity index (χ1n) is 9.81. The van der Waals surface area contributed by atoms with E-state index in [1.807, 2.05) is 24.4 Å². The summed E-state index contributed by atoms with van der Waals surface area (Å²) in [5.74, 6) is 1.24. The molecule has 0 aliphatic heterocycles. The molecule has 0 radical (unpaired) electrons. The third kappa shape index (κ3) is 9.54. The molecule has 6 nitrogen and oxygen atoms in total. The van der Waals surface area contributed by atoms with Crippen LogP contribution in [-0.2, 0) is 17.8 Å². The lowest BCUT2D eigenvalue weighted by molar-refractivity contribution is 0.0945. The van der Waals surface area contributed by atoms with Crippen LogP contribution >= 0.6 is 24.0 Å². The van der Waals surface area contributed by atoms with Gasteiger partial charge in [-0.25, -0.2) is 0 Å². The van der Waals surface area contributed by atoms with Gasteiger partial charge in [-0.05, 0) is 43.7 Å². The fourth-order valence-electron chi connectivity index (χ4n) is 2.71. The maximum atomic E-state index is 5.81. The topological polar surface area (TPSA) is 74.3 Å². The maximum absolute atomic E-state index is 5.81. The predicted molar refractivity (Wildman–Crippen MR) is 126 cm³/mol. The van der Waals surface area contributed by atoms with Crippen LogP contribution in [0.2, 0.25) is 0 Å². The monoisotopic (exact) mass is 499 g/mol. The number of nitrogens with zero attached hydrogens (tertiary/aromatic N) is 2. The van der Waals surface area contributed by atoms with Crippen molar-refractivity contribution < 1.29 is 4.74 Å². The minimum atomic E-state index is 0. The molecule has 1 aromatic heterocycles. The van der Waals surface area contributed by atoms with E-state index in [9.17, 15) is 0 Å². The van der Waals surface area contributed by atoms with Gasteiger partial charge in [0.25, 0.3) is 0 Å². The Morgan fingerprint density at radius 2 is 2.04 bits per heavy atom. The van der Waals surface area contributed by atoms with Crippen LogP contribution in [0.1, 0.15) is 37.1 Å². The van der Waals surface area contributed by atoms with E-state index in [4.69, 9.17) is 4.74 Å². The van der Waals surface area contributed by atoms with Gasteiger partial charge in [0.15, 0.2) is 5.96 Å². The molecule has 7 heteroatoms. The van der Waals surface area contributed by atoms with E-state index in [1.54, 1.807) is 0 Å². The van der Waals surface area contributed by atoms with Crippen molar-refractivity contribution in [2.24, 2.45) is 10.9 Å². The lowest BCUT2D eigenvalue weighted by Gasteiger charge is -2.14. The van der Waals surface area contributed by atoms with Crippen LogP contribution < -0.4 is 10.6 Å². The minimum absolute atomic E-state index is 0. The predicted octanol–water partition coefficient (Wildman–Crippen LogP) is 3.68. The van der Waals surface area contributed by atoms with Gasteiger partial charge in [0.1, 0.15) is 0 Å². The van der Waals surface area contributed by atoms with Crippen molar-refractivity contribution in [1.29, 1.82) is 0 Å². The van der Waals surface area contributed by atoms with Crippen LogP contribution in [0.4, 0.5) is 0 Å². The second kappa shape index (κ2) is 14.4. The number of aryl methyl sites for hydroxylation is 2. The quantitative estimate of drug-likeness (QED) is 0.191. The number of benzene rings is 1. The molecule has 3 N–H and O–H groups in total. The molecule has 2 aromatic rings. The van der Waals surface area contributed by atoms with Gasteiger partial charge >= 0.3 is 0 Å². The zero-order valence-corrected chi connectivity index (χ0v) is 19.5. The number of nitrogens with one attached hydrogen (secondary N) is 3. The normalized spacial score (nSPS) is 12.3. The third-order valence-corrected chi connectivity index (χ3v) is 4.27. The van der Waals surface area contributed by atoms with Crippen molar-refractivity contribution in [3.8, 4) is 0 Å². The Labute approximate surface area is 186 Å². The van der Waals surface area contributed by atoms with Gasteiger partial charge in [-0.3, -0.25) is 10.1 Å². The number of hydrogen-bond donors (Lipinski definition) is 3. The molecule has 28 heavy (non-hydrogen) atoms. The molecule has 0 saturated carbocycles. The molecule has 0 saturated heterocycles. The number of rotatable bonds is 11. The number of hydrogen-bond acceptors (Lipinski definition) is 3. The molecule has 1 atom stereocenters. The molecule has 0 aliphatic rings. The van der Waals surface area contributed by atoms with Gasteiger partial charge in [0, 0.05) is 25.3 Å². The number of aromatic nitrogens is 2. The van der Waals surface area contributed by atoms with E-state index in [0.29, 0.717) is 19.1 Å². The standard InChI is InChI=1S/C21H33N5O.HI/c1-4-22-21(23-12-8-11-20-14-25-26-18(20)3)24-13-17(2)15-27-16-19-9-6-5-7-10-19;/h5-7,9-10,14,17H,4,8,11-13,15-16H2,1-3H3,(H,25,26)(H2,22,23,24);1H. The van der Waals surface area contributed by atoms with Gasteiger partial charge in [0.05, 0.1) is 19.4 Å². The van der Waals surface area contributed by atoms with E-state index < -0.39 is 0 Å². The third-order valence-electron chi connectivity index (χ3n) is 4.27. The first kappa shape index (κ1) is 24.4. The summed E-state index contributed by atoms with van der Waals surface area (Å²) in [7, 11) is 0. The molecule has 0 spiro atoms. The van der Waals surface area contributed by atoms with Gasteiger partial charge in [-0.15, -0.1) is 24.0 Å². The minimum Gasteiger partial charge on any atom is -0.376 e. The average Bonchev–Trinajstić information content (AvgIpc) is 3.09. The first-order chi connectivity index (χ1) is 13.2. The second-order valence-electron chi connectivity index (χ2n) is 6.88. The van der Waals surface area contributed by atoms with E-state index >= 15 is 0 Å². The fourth-order valence-corrected chi connectivity index (χ4v) is 2.71. The Morgan fingerprint density at radius 1 is 1.25 bits per heavy atom. The number of aliphatic imine (C=N–C) groups is 1. The molecule has 0 fully saturated rings. The summed E-state index contributed by atoms with van der Waals surface area (Å²) in [5.41, 5.74) is 3.64. The molecular weight excluding hydrogens is 465 g/mol. The molecule has 1 unspecified atom stereocenters. The summed E-state index contributed by atoms with van der Waals surface area (Å²) in [6, 6.07) is 10.3. The average molecular weight is 499 g/mol. The summed E-state index contributed by atoms with van der Waals surface area (Å²) < 4.78 is 5.81. The van der Waals surface area contributed by atoms with E-state index in [1.165, 1.54) is 11.1 Å². The van der Waals surface area contributed by atoms with Crippen LogP contribution in [0.3, 0.4) is 0 Å². The highest BCUT2D eigenvalue weighted by atomic mass is 127. The molecule has 156 valence electrons. The van der Waals surface area contributed by atoms with E-state index in [2.05, 4.69) is 58.7 Å². The van der Waals surface area contributed by atoms with E-state index in [-0.39, 0.29) is 24.0 Å². The maximum Gasteiger partial charge on any atom is 0.191 e. The van der Waals surface area contributed by atoms with Gasteiger partial charge in [-0.1, -0.05) is 37.3 Å². The number of ether oxygens (including phenoxy) is 1. The van der Waals surface area contributed by atoms with Crippen LogP contribution in [0.25, 0.3) is 0 Å². The van der Waals surface area contributed by atoms with Gasteiger partial charge in [0.2, 0.25) is 0 Å². The first-order valence-corrected chi connectivity index (χ1v) is 9.81. The number of aromatic amines is 1. The van der Waals surface area contributed by atoms with Crippen molar-refractivity contribution in [3.05, 3.63) is 53.3 Å². The second-order valence-corrected chi connectivity index (χ2v) is 6.88. The number of halogens is 1. The molecule has 2 rings (SSSR count). The van der Waals surface area contributed by atoms with Crippen molar-refractivity contribution in [1.82, 2.24) is 20.8 Å². The van der Waals surface area contributed by atoms with Crippen molar-refractivity contribution >= 4 is 29.9 Å². The van der Waals surface area contributed by atoms with Crippen LogP contribution in [0, 0.1) is 12.8 Å². The highest BCUT2D eigenvalue weighted by Crippen LogP contribution is 2.05. The highest BCUT2D eigenvalue weighted by molar-refractivity contribution is 14.0. The summed E-state index contributed by atoms with van der Waals surface area (Å²) in [5, 5.41) is 13.8. The largest absolute Gasteiger partial charge is 0.376 e. The number of guanidine groups is 1. The Balaban J connectivity index is 0.00000392. The molecule has 0 amide bonds. The smallest absolute Gasteiger partial charge is 0.191 e. The fraction of sp³-hybridized carbons (Fsp3) is 0.524. The Hall–Kier alpha value is -1.61. The van der Waals surface area contributed by atoms with Crippen LogP contribution in [-0.4, -0.2) is 42.4 Å². The zero-order valence-electron chi connectivity index (χ0n) is 17.2. The van der Waals surface area contributed by atoms with Crippen LogP contribution in [0.15, 0.2) is 41.5 Å². The number of H-pyrrole nitrogens is 1. The van der Waals surface area contributed by atoms with E-state index in [0.717, 1.165) is 44.1 Å². The lowest BCUT2D eigenvalue weighted by atomic mass is 10.1. The zero-order chi connectivity index (χ0) is 19.3. The molecule has 0 bridgehead atoms. The molecule has 0 aliphatic carbocycles. The summed E-state index contributed by atoms with van der Waals surface area (Å²) in [6.45, 7) is 10.1. The van der Waals surface area contributed by atoms with Crippen molar-refractivity contribution in [2.75, 3.05) is 26.2 Å².